The van der Waals surface area contributed by atoms with Crippen LogP contribution in [-0.2, 0) is 16.1 Å². The number of rotatable bonds is 8. The van der Waals surface area contributed by atoms with Gasteiger partial charge in [-0.2, -0.15) is 0 Å². The maximum Gasteiger partial charge on any atom is 0.268 e. The molecule has 0 unspecified atom stereocenters. The summed E-state index contributed by atoms with van der Waals surface area (Å²) in [6.45, 7) is 0.216. The summed E-state index contributed by atoms with van der Waals surface area (Å²) in [5, 5.41) is 24.8. The van der Waals surface area contributed by atoms with Crippen molar-refractivity contribution in [3.63, 3.8) is 0 Å². The molecule has 1 heterocycles. The molecule has 3 rings (SSSR count). The van der Waals surface area contributed by atoms with Crippen LogP contribution >= 0.6 is 11.6 Å². The number of aliphatic hydroxyl groups is 2. The molecule has 0 radical (unpaired) electrons. The summed E-state index contributed by atoms with van der Waals surface area (Å²) >= 11 is 5.80. The van der Waals surface area contributed by atoms with Gasteiger partial charge in [-0.05, 0) is 48.4 Å². The molecule has 2 aromatic rings. The maximum atomic E-state index is 13.5. The van der Waals surface area contributed by atoms with Crippen molar-refractivity contribution in [2.24, 2.45) is 0 Å². The number of amides is 3. The first-order chi connectivity index (χ1) is 15.2. The Labute approximate surface area is 189 Å². The summed E-state index contributed by atoms with van der Waals surface area (Å²) in [6.07, 6.45) is 0.272. The van der Waals surface area contributed by atoms with Gasteiger partial charge in [0.2, 0.25) is 5.60 Å². The van der Waals surface area contributed by atoms with Crippen molar-refractivity contribution in [2.45, 2.75) is 25.0 Å². The van der Waals surface area contributed by atoms with Gasteiger partial charge in [0.05, 0.1) is 0 Å². The van der Waals surface area contributed by atoms with E-state index in [2.05, 4.69) is 10.6 Å². The fraction of sp³-hybridized carbons (Fsp3) is 0.318. The number of nitrogens with one attached hydrogen (secondary N) is 2. The van der Waals surface area contributed by atoms with Crippen molar-refractivity contribution < 1.29 is 29.0 Å². The summed E-state index contributed by atoms with van der Waals surface area (Å²) in [5.41, 5.74) is -1.23. The van der Waals surface area contributed by atoms with Gasteiger partial charge in [0.15, 0.2) is 0 Å². The SMILES string of the molecule is O=C(NCCCO)c1cccc(N2CC[C@@](O)(C(=O)NCc3cc(F)cc(Cl)c3)C2=O)c1. The van der Waals surface area contributed by atoms with Crippen LogP contribution < -0.4 is 15.5 Å². The van der Waals surface area contributed by atoms with Crippen molar-refractivity contribution in [3.8, 4) is 0 Å². The van der Waals surface area contributed by atoms with Gasteiger partial charge in [-0.15, -0.1) is 0 Å². The number of halogens is 2. The second kappa shape index (κ2) is 10.1. The van der Waals surface area contributed by atoms with Crippen LogP contribution in [0.4, 0.5) is 10.1 Å². The second-order valence-corrected chi connectivity index (χ2v) is 7.85. The first kappa shape index (κ1) is 23.6. The smallest absolute Gasteiger partial charge is 0.268 e. The normalized spacial score (nSPS) is 18.0. The monoisotopic (exact) mass is 463 g/mol. The number of anilines is 1. The van der Waals surface area contributed by atoms with Gasteiger partial charge in [0.25, 0.3) is 17.7 Å². The van der Waals surface area contributed by atoms with Crippen molar-refractivity contribution in [2.75, 3.05) is 24.6 Å². The van der Waals surface area contributed by atoms with Crippen LogP contribution in [0.5, 0.6) is 0 Å². The predicted octanol–water partition coefficient (Wildman–Crippen LogP) is 1.38. The van der Waals surface area contributed by atoms with E-state index in [-0.39, 0.29) is 37.0 Å². The van der Waals surface area contributed by atoms with E-state index in [0.29, 0.717) is 29.8 Å². The molecule has 1 atom stereocenters. The molecule has 4 N–H and O–H groups in total. The number of hydrogen-bond donors (Lipinski definition) is 4. The molecule has 170 valence electrons. The molecule has 0 bridgehead atoms. The highest BCUT2D eigenvalue weighted by Gasteiger charge is 2.51. The zero-order valence-electron chi connectivity index (χ0n) is 17.1. The molecule has 0 aliphatic carbocycles. The third-order valence-electron chi connectivity index (χ3n) is 5.09. The van der Waals surface area contributed by atoms with Gasteiger partial charge in [-0.25, -0.2) is 4.39 Å². The Morgan fingerprint density at radius 1 is 1.19 bits per heavy atom. The molecule has 8 nitrogen and oxygen atoms in total. The predicted molar refractivity (Wildman–Crippen MR) is 116 cm³/mol. The van der Waals surface area contributed by atoms with E-state index in [4.69, 9.17) is 16.7 Å². The van der Waals surface area contributed by atoms with Crippen LogP contribution in [0.3, 0.4) is 0 Å². The molecular formula is C22H23ClFN3O5. The molecule has 10 heteroatoms. The average Bonchev–Trinajstić information content (AvgIpc) is 3.07. The Bertz CT molecular complexity index is 1010. The Hall–Kier alpha value is -3.01. The Morgan fingerprint density at radius 3 is 2.69 bits per heavy atom. The summed E-state index contributed by atoms with van der Waals surface area (Å²) < 4.78 is 13.5. The minimum atomic E-state index is -2.28. The molecule has 0 saturated carbocycles. The Balaban J connectivity index is 1.68. The van der Waals surface area contributed by atoms with Crippen LogP contribution in [0.15, 0.2) is 42.5 Å². The average molecular weight is 464 g/mol. The van der Waals surface area contributed by atoms with Crippen LogP contribution in [0, 0.1) is 5.82 Å². The van der Waals surface area contributed by atoms with Gasteiger partial charge >= 0.3 is 0 Å². The molecule has 2 aromatic carbocycles. The Kier molecular flexibility index (Phi) is 7.44. The minimum absolute atomic E-state index is 0.0461. The van der Waals surface area contributed by atoms with E-state index in [1.54, 1.807) is 18.2 Å². The molecule has 1 fully saturated rings. The number of aliphatic hydroxyl groups excluding tert-OH is 1. The van der Waals surface area contributed by atoms with Crippen molar-refractivity contribution in [1.82, 2.24) is 10.6 Å². The highest BCUT2D eigenvalue weighted by molar-refractivity contribution is 6.30. The van der Waals surface area contributed by atoms with Gasteiger partial charge in [0.1, 0.15) is 5.82 Å². The van der Waals surface area contributed by atoms with E-state index in [9.17, 15) is 23.9 Å². The molecule has 0 aromatic heterocycles. The minimum Gasteiger partial charge on any atom is -0.396 e. The van der Waals surface area contributed by atoms with Crippen LogP contribution in [0.2, 0.25) is 5.02 Å². The van der Waals surface area contributed by atoms with Crippen molar-refractivity contribution in [1.29, 1.82) is 0 Å². The standard InChI is InChI=1S/C22H23ClFN3O5/c23-16-9-14(10-17(24)12-16)13-26-20(30)22(32)5-7-27(21(22)31)18-4-1-3-15(11-18)19(29)25-6-2-8-28/h1,3-4,9-12,28,32H,2,5-8,13H2,(H,25,29)(H,26,30)/t22-/m1/s1. The lowest BCUT2D eigenvalue weighted by Gasteiger charge is -2.22. The van der Waals surface area contributed by atoms with E-state index in [1.807, 2.05) is 0 Å². The number of nitrogens with zero attached hydrogens (tertiary/aromatic N) is 1. The fourth-order valence-corrected chi connectivity index (χ4v) is 3.65. The highest BCUT2D eigenvalue weighted by atomic mass is 35.5. The van der Waals surface area contributed by atoms with Crippen LogP contribution in [0.1, 0.15) is 28.8 Å². The van der Waals surface area contributed by atoms with E-state index in [1.165, 1.54) is 23.1 Å². The lowest BCUT2D eigenvalue weighted by atomic mass is 10.0. The summed E-state index contributed by atoms with van der Waals surface area (Å²) in [4.78, 5) is 39.0. The van der Waals surface area contributed by atoms with Gasteiger partial charge < -0.3 is 25.7 Å². The van der Waals surface area contributed by atoms with Crippen LogP contribution in [-0.4, -0.2) is 53.2 Å². The lowest BCUT2D eigenvalue weighted by molar-refractivity contribution is -0.149. The van der Waals surface area contributed by atoms with Gasteiger partial charge in [-0.1, -0.05) is 17.7 Å². The quantitative estimate of drug-likeness (QED) is 0.348. The van der Waals surface area contributed by atoms with Crippen molar-refractivity contribution >= 4 is 35.0 Å². The van der Waals surface area contributed by atoms with E-state index in [0.717, 1.165) is 6.07 Å². The molecule has 1 aliphatic heterocycles. The third kappa shape index (κ3) is 5.24. The second-order valence-electron chi connectivity index (χ2n) is 7.41. The zero-order valence-corrected chi connectivity index (χ0v) is 17.9. The summed E-state index contributed by atoms with van der Waals surface area (Å²) in [5.74, 6) is -2.65. The summed E-state index contributed by atoms with van der Waals surface area (Å²) in [6, 6.07) is 10.0. The molecule has 1 aliphatic rings. The van der Waals surface area contributed by atoms with E-state index < -0.39 is 23.2 Å². The fourth-order valence-electron chi connectivity index (χ4n) is 3.40. The summed E-state index contributed by atoms with van der Waals surface area (Å²) in [7, 11) is 0. The highest BCUT2D eigenvalue weighted by Crippen LogP contribution is 2.29. The molecule has 0 spiro atoms. The third-order valence-corrected chi connectivity index (χ3v) is 5.31. The lowest BCUT2D eigenvalue weighted by Crippen LogP contribution is -2.52. The molecular weight excluding hydrogens is 441 g/mol. The number of carbonyl (C=O) groups is 3. The van der Waals surface area contributed by atoms with Gasteiger partial charge in [0, 0.05) is 48.9 Å². The molecule has 3 amide bonds. The van der Waals surface area contributed by atoms with E-state index >= 15 is 0 Å². The first-order valence-corrected chi connectivity index (χ1v) is 10.4. The zero-order chi connectivity index (χ0) is 23.3. The number of hydrogen-bond acceptors (Lipinski definition) is 5. The molecule has 32 heavy (non-hydrogen) atoms. The Morgan fingerprint density at radius 2 is 1.97 bits per heavy atom. The number of benzene rings is 2. The molecule has 1 saturated heterocycles. The maximum absolute atomic E-state index is 13.5. The van der Waals surface area contributed by atoms with Crippen molar-refractivity contribution in [3.05, 3.63) is 64.4 Å². The first-order valence-electron chi connectivity index (χ1n) is 10.0. The number of carbonyl (C=O) groups excluding carboxylic acids is 3. The van der Waals surface area contributed by atoms with Crippen LogP contribution in [0.25, 0.3) is 0 Å². The topological polar surface area (TPSA) is 119 Å². The van der Waals surface area contributed by atoms with Gasteiger partial charge in [-0.3, -0.25) is 14.4 Å². The largest absolute Gasteiger partial charge is 0.396 e.